The number of pyridine rings is 1. The van der Waals surface area contributed by atoms with Crippen molar-refractivity contribution < 1.29 is 0 Å². The number of aryl methyl sites for hydroxylation is 1. The van der Waals surface area contributed by atoms with Crippen molar-refractivity contribution >= 4 is 5.82 Å². The Labute approximate surface area is 90.3 Å². The summed E-state index contributed by atoms with van der Waals surface area (Å²) in [7, 11) is 0. The van der Waals surface area contributed by atoms with Crippen molar-refractivity contribution in [2.24, 2.45) is 23.5 Å². The molecule has 0 amide bonds. The third-order valence-electron chi connectivity index (χ3n) is 3.86. The van der Waals surface area contributed by atoms with Crippen LogP contribution in [0.15, 0.2) is 18.3 Å². The number of anilines is 1. The monoisotopic (exact) mass is 203 g/mol. The summed E-state index contributed by atoms with van der Waals surface area (Å²) >= 11 is 0. The second kappa shape index (κ2) is 3.20. The summed E-state index contributed by atoms with van der Waals surface area (Å²) < 4.78 is 0. The number of nitrogens with zero attached hydrogens (tertiary/aromatic N) is 2. The van der Waals surface area contributed by atoms with Gasteiger partial charge in [-0.05, 0) is 42.9 Å². The molecule has 2 heterocycles. The highest BCUT2D eigenvalue weighted by molar-refractivity contribution is 5.42. The van der Waals surface area contributed by atoms with Crippen LogP contribution in [0.5, 0.6) is 0 Å². The van der Waals surface area contributed by atoms with Gasteiger partial charge in [-0.1, -0.05) is 6.07 Å². The van der Waals surface area contributed by atoms with Crippen molar-refractivity contribution in [1.82, 2.24) is 4.98 Å². The third kappa shape index (κ3) is 1.42. The SMILES string of the molecule is Cc1ccc(N2CC3C(CN)C3C2)nc1. The molecule has 2 aliphatic rings. The Bertz CT molecular complexity index is 348. The molecule has 1 aromatic heterocycles. The Morgan fingerprint density at radius 2 is 2.13 bits per heavy atom. The largest absolute Gasteiger partial charge is 0.356 e. The zero-order valence-corrected chi connectivity index (χ0v) is 9.06. The average Bonchev–Trinajstić information content (AvgIpc) is 2.72. The van der Waals surface area contributed by atoms with E-state index in [1.165, 1.54) is 5.56 Å². The Morgan fingerprint density at radius 3 is 2.67 bits per heavy atom. The summed E-state index contributed by atoms with van der Waals surface area (Å²) in [5.41, 5.74) is 6.92. The average molecular weight is 203 g/mol. The molecule has 0 bridgehead atoms. The number of piperidine rings is 1. The second-order valence-corrected chi connectivity index (χ2v) is 4.83. The lowest BCUT2D eigenvalue weighted by Crippen LogP contribution is -2.26. The van der Waals surface area contributed by atoms with Gasteiger partial charge in [-0.15, -0.1) is 0 Å². The molecule has 1 aromatic rings. The van der Waals surface area contributed by atoms with E-state index in [0.717, 1.165) is 43.2 Å². The van der Waals surface area contributed by atoms with E-state index < -0.39 is 0 Å². The van der Waals surface area contributed by atoms with Gasteiger partial charge in [0.2, 0.25) is 0 Å². The van der Waals surface area contributed by atoms with E-state index in [4.69, 9.17) is 5.73 Å². The van der Waals surface area contributed by atoms with Gasteiger partial charge in [-0.25, -0.2) is 4.98 Å². The minimum Gasteiger partial charge on any atom is -0.356 e. The first kappa shape index (κ1) is 9.16. The number of hydrogen-bond acceptors (Lipinski definition) is 3. The van der Waals surface area contributed by atoms with Gasteiger partial charge in [0.25, 0.3) is 0 Å². The van der Waals surface area contributed by atoms with Gasteiger partial charge >= 0.3 is 0 Å². The van der Waals surface area contributed by atoms with Crippen LogP contribution in [0.2, 0.25) is 0 Å². The van der Waals surface area contributed by atoms with Crippen LogP contribution in [0.25, 0.3) is 0 Å². The maximum atomic E-state index is 5.69. The van der Waals surface area contributed by atoms with Gasteiger partial charge in [0.1, 0.15) is 5.82 Å². The van der Waals surface area contributed by atoms with Gasteiger partial charge in [-0.2, -0.15) is 0 Å². The molecule has 2 atom stereocenters. The topological polar surface area (TPSA) is 42.1 Å². The predicted octanol–water partition coefficient (Wildman–Crippen LogP) is 1.03. The standard InChI is InChI=1S/C12H17N3/c1-8-2-3-12(14-5-8)15-6-10-9(4-13)11(10)7-15/h2-3,5,9-11H,4,6-7,13H2,1H3. The fourth-order valence-electron chi connectivity index (χ4n) is 2.83. The predicted molar refractivity (Wildman–Crippen MR) is 60.7 cm³/mol. The minimum absolute atomic E-state index is 0.798. The third-order valence-corrected chi connectivity index (χ3v) is 3.86. The van der Waals surface area contributed by atoms with Crippen molar-refractivity contribution in [2.45, 2.75) is 6.92 Å². The van der Waals surface area contributed by atoms with Gasteiger partial charge in [-0.3, -0.25) is 0 Å². The number of hydrogen-bond donors (Lipinski definition) is 1. The first-order valence-electron chi connectivity index (χ1n) is 5.67. The molecular formula is C12H17N3. The molecule has 1 saturated carbocycles. The number of nitrogens with two attached hydrogens (primary N) is 1. The van der Waals surface area contributed by atoms with Crippen LogP contribution in [0.4, 0.5) is 5.82 Å². The molecule has 15 heavy (non-hydrogen) atoms. The highest BCUT2D eigenvalue weighted by Crippen LogP contribution is 2.51. The molecule has 2 N–H and O–H groups in total. The van der Waals surface area contributed by atoms with E-state index in [-0.39, 0.29) is 0 Å². The van der Waals surface area contributed by atoms with Gasteiger partial charge in [0.05, 0.1) is 0 Å². The molecule has 1 aliphatic carbocycles. The smallest absolute Gasteiger partial charge is 0.128 e. The van der Waals surface area contributed by atoms with Crippen molar-refractivity contribution in [3.05, 3.63) is 23.9 Å². The van der Waals surface area contributed by atoms with Crippen molar-refractivity contribution in [2.75, 3.05) is 24.5 Å². The van der Waals surface area contributed by atoms with Crippen molar-refractivity contribution in [3.8, 4) is 0 Å². The number of aromatic nitrogens is 1. The van der Waals surface area contributed by atoms with E-state index in [2.05, 4.69) is 28.9 Å². The molecule has 3 nitrogen and oxygen atoms in total. The first-order chi connectivity index (χ1) is 7.29. The first-order valence-corrected chi connectivity index (χ1v) is 5.67. The molecule has 80 valence electrons. The molecule has 2 unspecified atom stereocenters. The highest BCUT2D eigenvalue weighted by Gasteiger charge is 2.54. The lowest BCUT2D eigenvalue weighted by Gasteiger charge is -2.20. The van der Waals surface area contributed by atoms with Crippen LogP contribution in [-0.4, -0.2) is 24.6 Å². The summed E-state index contributed by atoms with van der Waals surface area (Å²) in [6.07, 6.45) is 1.94. The zero-order valence-electron chi connectivity index (χ0n) is 9.06. The van der Waals surface area contributed by atoms with E-state index >= 15 is 0 Å². The summed E-state index contributed by atoms with van der Waals surface area (Å²) in [5, 5.41) is 0. The van der Waals surface area contributed by atoms with Crippen molar-refractivity contribution in [1.29, 1.82) is 0 Å². The summed E-state index contributed by atoms with van der Waals surface area (Å²) in [5.74, 6) is 3.62. The van der Waals surface area contributed by atoms with Crippen LogP contribution in [0.1, 0.15) is 5.56 Å². The maximum Gasteiger partial charge on any atom is 0.128 e. The fourth-order valence-corrected chi connectivity index (χ4v) is 2.83. The Hall–Kier alpha value is -1.09. The van der Waals surface area contributed by atoms with E-state index in [1.54, 1.807) is 0 Å². The molecular weight excluding hydrogens is 186 g/mol. The Balaban J connectivity index is 1.69. The molecule has 3 heteroatoms. The molecule has 1 aliphatic heterocycles. The lowest BCUT2D eigenvalue weighted by atomic mass is 10.2. The minimum atomic E-state index is 0.798. The van der Waals surface area contributed by atoms with Gasteiger partial charge < -0.3 is 10.6 Å². The summed E-state index contributed by atoms with van der Waals surface area (Å²) in [6, 6.07) is 4.25. The number of rotatable bonds is 2. The molecule has 0 aromatic carbocycles. The van der Waals surface area contributed by atoms with Crippen LogP contribution < -0.4 is 10.6 Å². The Morgan fingerprint density at radius 1 is 1.40 bits per heavy atom. The van der Waals surface area contributed by atoms with Crippen LogP contribution >= 0.6 is 0 Å². The zero-order chi connectivity index (χ0) is 10.4. The van der Waals surface area contributed by atoms with Crippen LogP contribution in [0, 0.1) is 24.7 Å². The normalized spacial score (nSPS) is 32.9. The maximum absolute atomic E-state index is 5.69. The summed E-state index contributed by atoms with van der Waals surface area (Å²) in [6.45, 7) is 5.25. The second-order valence-electron chi connectivity index (χ2n) is 4.83. The van der Waals surface area contributed by atoms with E-state index in [9.17, 15) is 0 Å². The van der Waals surface area contributed by atoms with Crippen molar-refractivity contribution in [3.63, 3.8) is 0 Å². The molecule has 0 radical (unpaired) electrons. The number of fused-ring (bicyclic) bond motifs is 1. The van der Waals surface area contributed by atoms with E-state index in [1.807, 2.05) is 6.20 Å². The van der Waals surface area contributed by atoms with Gasteiger partial charge in [0, 0.05) is 19.3 Å². The lowest BCUT2D eigenvalue weighted by molar-refractivity contribution is 0.644. The van der Waals surface area contributed by atoms with E-state index in [0.29, 0.717) is 0 Å². The van der Waals surface area contributed by atoms with Crippen LogP contribution in [-0.2, 0) is 0 Å². The molecule has 3 rings (SSSR count). The quantitative estimate of drug-likeness (QED) is 0.780. The Kier molecular flexibility index (Phi) is 1.96. The van der Waals surface area contributed by atoms with Gasteiger partial charge in [0.15, 0.2) is 0 Å². The molecule has 0 spiro atoms. The molecule has 1 saturated heterocycles. The molecule has 2 fully saturated rings. The fraction of sp³-hybridized carbons (Fsp3) is 0.583. The highest BCUT2D eigenvalue weighted by atomic mass is 15.2. The van der Waals surface area contributed by atoms with Crippen LogP contribution in [0.3, 0.4) is 0 Å². The summed E-state index contributed by atoms with van der Waals surface area (Å²) in [4.78, 5) is 6.85.